The van der Waals surface area contributed by atoms with Crippen LogP contribution in [-0.4, -0.2) is 46.5 Å². The smallest absolute Gasteiger partial charge is 0.328 e. The van der Waals surface area contributed by atoms with Crippen LogP contribution in [0.5, 0.6) is 0 Å². The largest absolute Gasteiger partial charge is 0.340 e. The third-order valence-corrected chi connectivity index (χ3v) is 3.38. The van der Waals surface area contributed by atoms with E-state index < -0.39 is 11.2 Å². The zero-order chi connectivity index (χ0) is 13.8. The molecule has 1 aromatic heterocycles. The van der Waals surface area contributed by atoms with Gasteiger partial charge >= 0.3 is 5.69 Å². The maximum Gasteiger partial charge on any atom is 0.328 e. The van der Waals surface area contributed by atoms with Gasteiger partial charge in [0.25, 0.3) is 5.56 Å². The van der Waals surface area contributed by atoms with Crippen LogP contribution >= 0.6 is 12.4 Å². The summed E-state index contributed by atoms with van der Waals surface area (Å²) in [6, 6.07) is 1.55. The molecule has 0 bridgehead atoms. The third kappa shape index (κ3) is 3.94. The molecule has 2 heterocycles. The number of nitrogens with one attached hydrogen (secondary N) is 2. The summed E-state index contributed by atoms with van der Waals surface area (Å²) >= 11 is 0. The van der Waals surface area contributed by atoms with Gasteiger partial charge in [0.15, 0.2) is 0 Å². The highest BCUT2D eigenvalue weighted by Crippen LogP contribution is 2.10. The maximum absolute atomic E-state index is 12.1. The molecule has 20 heavy (non-hydrogen) atoms. The number of rotatable bonds is 3. The van der Waals surface area contributed by atoms with Crippen LogP contribution in [-0.2, 0) is 11.3 Å². The van der Waals surface area contributed by atoms with E-state index in [0.29, 0.717) is 12.6 Å². The molecule has 8 heteroatoms. The Morgan fingerprint density at radius 3 is 2.90 bits per heavy atom. The van der Waals surface area contributed by atoms with Crippen LogP contribution in [0.4, 0.5) is 0 Å². The second-order valence-electron chi connectivity index (χ2n) is 4.71. The Bertz CT molecular complexity index is 568. The Morgan fingerprint density at radius 2 is 2.25 bits per heavy atom. The monoisotopic (exact) mass is 302 g/mol. The number of nitrogens with zero attached hydrogens (tertiary/aromatic N) is 2. The lowest BCUT2D eigenvalue weighted by atomic mass is 10.1. The molecule has 1 fully saturated rings. The molecule has 1 unspecified atom stereocenters. The van der Waals surface area contributed by atoms with Gasteiger partial charge in [-0.15, -0.1) is 12.4 Å². The van der Waals surface area contributed by atoms with E-state index in [-0.39, 0.29) is 24.9 Å². The molecular formula is C12H19ClN4O3. The average molecular weight is 303 g/mol. The number of carbonyl (C=O) groups excluding carboxylic acids is 1. The van der Waals surface area contributed by atoms with Gasteiger partial charge in [-0.3, -0.25) is 19.1 Å². The van der Waals surface area contributed by atoms with Crippen LogP contribution in [0.3, 0.4) is 0 Å². The van der Waals surface area contributed by atoms with Gasteiger partial charge in [0.05, 0.1) is 0 Å². The van der Waals surface area contributed by atoms with Crippen molar-refractivity contribution in [2.45, 2.75) is 25.4 Å². The zero-order valence-electron chi connectivity index (χ0n) is 11.3. The summed E-state index contributed by atoms with van der Waals surface area (Å²) < 4.78 is 1.21. The summed E-state index contributed by atoms with van der Waals surface area (Å²) in [5.74, 6) is -0.103. The molecule has 0 radical (unpaired) electrons. The number of aromatic nitrogens is 2. The average Bonchev–Trinajstić information content (AvgIpc) is 2.42. The Balaban J connectivity index is 0.00000200. The van der Waals surface area contributed by atoms with Gasteiger partial charge in [-0.25, -0.2) is 4.79 Å². The summed E-state index contributed by atoms with van der Waals surface area (Å²) in [5, 5.41) is 3.16. The van der Waals surface area contributed by atoms with E-state index in [9.17, 15) is 14.4 Å². The van der Waals surface area contributed by atoms with Crippen LogP contribution in [0, 0.1) is 0 Å². The number of H-pyrrole nitrogens is 1. The van der Waals surface area contributed by atoms with Gasteiger partial charge in [-0.2, -0.15) is 0 Å². The van der Waals surface area contributed by atoms with Crippen molar-refractivity contribution in [3.63, 3.8) is 0 Å². The quantitative estimate of drug-likeness (QED) is 0.763. The Labute approximate surface area is 122 Å². The first-order chi connectivity index (χ1) is 9.10. The minimum absolute atomic E-state index is 0. The number of halogens is 1. The van der Waals surface area contributed by atoms with Crippen molar-refractivity contribution in [2.75, 3.05) is 20.1 Å². The summed E-state index contributed by atoms with van der Waals surface area (Å²) in [4.78, 5) is 38.4. The Hall–Kier alpha value is -1.60. The van der Waals surface area contributed by atoms with Crippen molar-refractivity contribution in [1.82, 2.24) is 19.8 Å². The van der Waals surface area contributed by atoms with E-state index in [1.165, 1.54) is 16.8 Å². The highest BCUT2D eigenvalue weighted by molar-refractivity contribution is 5.85. The Morgan fingerprint density at radius 1 is 1.50 bits per heavy atom. The number of likely N-dealkylation sites (tertiary alicyclic amines) is 1. The first-order valence-corrected chi connectivity index (χ1v) is 6.35. The lowest BCUT2D eigenvalue weighted by Gasteiger charge is -2.32. The highest BCUT2D eigenvalue weighted by atomic mass is 35.5. The number of piperidine rings is 1. The third-order valence-electron chi connectivity index (χ3n) is 3.38. The minimum Gasteiger partial charge on any atom is -0.340 e. The van der Waals surface area contributed by atoms with Crippen LogP contribution < -0.4 is 16.6 Å². The van der Waals surface area contributed by atoms with Crippen LogP contribution in [0.15, 0.2) is 21.9 Å². The molecule has 0 aromatic carbocycles. The zero-order valence-corrected chi connectivity index (χ0v) is 12.1. The second kappa shape index (κ2) is 7.25. The molecule has 1 amide bonds. The molecule has 0 spiro atoms. The number of carbonyl (C=O) groups is 1. The highest BCUT2D eigenvalue weighted by Gasteiger charge is 2.22. The van der Waals surface area contributed by atoms with E-state index in [2.05, 4.69) is 10.3 Å². The van der Waals surface area contributed by atoms with Gasteiger partial charge in [-0.05, 0) is 19.9 Å². The molecule has 1 aromatic rings. The number of hydrogen-bond acceptors (Lipinski definition) is 4. The van der Waals surface area contributed by atoms with Crippen molar-refractivity contribution in [3.05, 3.63) is 33.1 Å². The first kappa shape index (κ1) is 16.5. The standard InChI is InChI=1S/C12H18N4O3.ClH/c1-13-9-3-2-5-15(7-9)11(18)8-16-6-4-10(17)14-12(16)19;/h4,6,9,13H,2-3,5,7-8H2,1H3,(H,14,17,19);1H. The van der Waals surface area contributed by atoms with Gasteiger partial charge in [0, 0.05) is 31.4 Å². The predicted octanol–water partition coefficient (Wildman–Crippen LogP) is -0.831. The van der Waals surface area contributed by atoms with E-state index in [1.807, 2.05) is 7.05 Å². The lowest BCUT2D eigenvalue weighted by molar-refractivity contribution is -0.133. The maximum atomic E-state index is 12.1. The number of hydrogen-bond donors (Lipinski definition) is 2. The SMILES string of the molecule is CNC1CCCN(C(=O)Cn2ccc(=O)[nH]c2=O)C1.Cl. The van der Waals surface area contributed by atoms with Crippen molar-refractivity contribution in [1.29, 1.82) is 0 Å². The van der Waals surface area contributed by atoms with Crippen molar-refractivity contribution >= 4 is 18.3 Å². The summed E-state index contributed by atoms with van der Waals surface area (Å²) in [7, 11) is 1.88. The molecule has 2 N–H and O–H groups in total. The van der Waals surface area contributed by atoms with Crippen molar-refractivity contribution in [2.24, 2.45) is 0 Å². The molecule has 1 aliphatic heterocycles. The molecule has 0 saturated carbocycles. The van der Waals surface area contributed by atoms with E-state index >= 15 is 0 Å². The van der Waals surface area contributed by atoms with Crippen LogP contribution in [0.2, 0.25) is 0 Å². The van der Waals surface area contributed by atoms with Crippen molar-refractivity contribution in [3.8, 4) is 0 Å². The fourth-order valence-electron chi connectivity index (χ4n) is 2.25. The molecule has 1 aliphatic rings. The molecule has 112 valence electrons. The number of aromatic amines is 1. The molecule has 1 saturated heterocycles. The Kier molecular flexibility index (Phi) is 5.97. The van der Waals surface area contributed by atoms with Crippen molar-refractivity contribution < 1.29 is 4.79 Å². The second-order valence-corrected chi connectivity index (χ2v) is 4.71. The lowest BCUT2D eigenvalue weighted by Crippen LogP contribution is -2.48. The summed E-state index contributed by atoms with van der Waals surface area (Å²) in [6.07, 6.45) is 3.36. The van der Waals surface area contributed by atoms with Crippen LogP contribution in [0.25, 0.3) is 0 Å². The molecule has 1 atom stereocenters. The molecule has 0 aliphatic carbocycles. The molecular weight excluding hydrogens is 284 g/mol. The van der Waals surface area contributed by atoms with Crippen LogP contribution in [0.1, 0.15) is 12.8 Å². The topological polar surface area (TPSA) is 87.2 Å². The van der Waals surface area contributed by atoms with E-state index in [0.717, 1.165) is 19.4 Å². The number of amides is 1. The fourth-order valence-corrected chi connectivity index (χ4v) is 2.25. The summed E-state index contributed by atoms with van der Waals surface area (Å²) in [5.41, 5.74) is -1.01. The van der Waals surface area contributed by atoms with Gasteiger partial charge in [-0.1, -0.05) is 0 Å². The first-order valence-electron chi connectivity index (χ1n) is 6.35. The predicted molar refractivity (Wildman–Crippen MR) is 77.2 cm³/mol. The van der Waals surface area contributed by atoms with Gasteiger partial charge < -0.3 is 10.2 Å². The fraction of sp³-hybridized carbons (Fsp3) is 0.583. The van der Waals surface area contributed by atoms with Gasteiger partial charge in [0.2, 0.25) is 5.91 Å². The molecule has 2 rings (SSSR count). The number of likely N-dealkylation sites (N-methyl/N-ethyl adjacent to an activating group) is 1. The normalized spacial score (nSPS) is 18.4. The van der Waals surface area contributed by atoms with E-state index in [1.54, 1.807) is 4.90 Å². The molecule has 7 nitrogen and oxygen atoms in total. The van der Waals surface area contributed by atoms with Gasteiger partial charge in [0.1, 0.15) is 6.54 Å². The summed E-state index contributed by atoms with van der Waals surface area (Å²) in [6.45, 7) is 1.34. The van der Waals surface area contributed by atoms with E-state index in [4.69, 9.17) is 0 Å². The minimum atomic E-state index is -0.553.